The summed E-state index contributed by atoms with van der Waals surface area (Å²) in [5.74, 6) is 0.827. The van der Waals surface area contributed by atoms with E-state index >= 15 is 0 Å². The minimum Gasteiger partial charge on any atom is -0.374 e. The maximum absolute atomic E-state index is 5.81. The molecule has 1 heterocycles. The van der Waals surface area contributed by atoms with E-state index in [2.05, 4.69) is 39.6 Å². The van der Waals surface area contributed by atoms with Gasteiger partial charge in [-0.3, -0.25) is 0 Å². The Morgan fingerprint density at radius 3 is 2.31 bits per heavy atom. The van der Waals surface area contributed by atoms with Crippen molar-refractivity contribution in [2.75, 3.05) is 13.6 Å². The molecule has 0 amide bonds. The number of ether oxygens (including phenoxy) is 1. The molecule has 13 heavy (non-hydrogen) atoms. The summed E-state index contributed by atoms with van der Waals surface area (Å²) in [4.78, 5) is 2.43. The van der Waals surface area contributed by atoms with Crippen molar-refractivity contribution in [2.45, 2.75) is 52.4 Å². The van der Waals surface area contributed by atoms with Crippen LogP contribution in [0.3, 0.4) is 0 Å². The van der Waals surface area contributed by atoms with Gasteiger partial charge >= 0.3 is 0 Å². The molecule has 0 aliphatic carbocycles. The van der Waals surface area contributed by atoms with Crippen LogP contribution >= 0.6 is 0 Å². The third-order valence-corrected chi connectivity index (χ3v) is 2.84. The third-order valence-electron chi connectivity index (χ3n) is 2.84. The van der Waals surface area contributed by atoms with Crippen LogP contribution in [0, 0.1) is 5.92 Å². The maximum atomic E-state index is 5.81. The molecule has 1 fully saturated rings. The van der Waals surface area contributed by atoms with Crippen LogP contribution in [0.15, 0.2) is 0 Å². The summed E-state index contributed by atoms with van der Waals surface area (Å²) >= 11 is 0. The Balaban J connectivity index is 2.42. The first-order chi connectivity index (χ1) is 6.00. The van der Waals surface area contributed by atoms with Crippen molar-refractivity contribution in [1.82, 2.24) is 4.90 Å². The van der Waals surface area contributed by atoms with E-state index in [1.54, 1.807) is 0 Å². The van der Waals surface area contributed by atoms with Crippen LogP contribution in [0.25, 0.3) is 0 Å². The zero-order valence-corrected chi connectivity index (χ0v) is 9.58. The van der Waals surface area contributed by atoms with E-state index < -0.39 is 0 Å². The van der Waals surface area contributed by atoms with Gasteiger partial charge in [0.05, 0.1) is 12.2 Å². The maximum Gasteiger partial charge on any atom is 0.0705 e. The first kappa shape index (κ1) is 11.0. The zero-order valence-electron chi connectivity index (χ0n) is 9.58. The Bertz CT molecular complexity index is 158. The summed E-state index contributed by atoms with van der Waals surface area (Å²) in [5.41, 5.74) is 0. The molecule has 0 unspecified atom stereocenters. The lowest BCUT2D eigenvalue weighted by molar-refractivity contribution is -0.0202. The van der Waals surface area contributed by atoms with Crippen LogP contribution in [-0.2, 0) is 4.74 Å². The highest BCUT2D eigenvalue weighted by atomic mass is 16.5. The molecule has 1 rings (SSSR count). The molecule has 78 valence electrons. The van der Waals surface area contributed by atoms with Gasteiger partial charge in [-0.1, -0.05) is 6.92 Å². The SMILES string of the molecule is CC(C)O[C@@H](C)[C@@H]1C[C@@H](C)CN1C. The molecule has 0 aromatic heterocycles. The Labute approximate surface area is 82.3 Å². The summed E-state index contributed by atoms with van der Waals surface area (Å²) in [6.07, 6.45) is 2.00. The number of hydrogen-bond donors (Lipinski definition) is 0. The normalized spacial score (nSPS) is 32.8. The van der Waals surface area contributed by atoms with Crippen LogP contribution in [0.1, 0.15) is 34.1 Å². The summed E-state index contributed by atoms with van der Waals surface area (Å²) in [5, 5.41) is 0. The monoisotopic (exact) mass is 185 g/mol. The summed E-state index contributed by atoms with van der Waals surface area (Å²) < 4.78 is 5.81. The van der Waals surface area contributed by atoms with Gasteiger partial charge in [-0.15, -0.1) is 0 Å². The van der Waals surface area contributed by atoms with Crippen molar-refractivity contribution in [3.63, 3.8) is 0 Å². The summed E-state index contributed by atoms with van der Waals surface area (Å²) in [6, 6.07) is 0.623. The number of hydrogen-bond acceptors (Lipinski definition) is 2. The number of likely N-dealkylation sites (N-methyl/N-ethyl adjacent to an activating group) is 1. The fourth-order valence-corrected chi connectivity index (χ4v) is 2.36. The van der Waals surface area contributed by atoms with Gasteiger partial charge in [-0.2, -0.15) is 0 Å². The minimum atomic E-state index is 0.347. The van der Waals surface area contributed by atoms with E-state index in [4.69, 9.17) is 4.74 Å². The van der Waals surface area contributed by atoms with Crippen molar-refractivity contribution in [3.8, 4) is 0 Å². The fourth-order valence-electron chi connectivity index (χ4n) is 2.36. The Morgan fingerprint density at radius 1 is 1.31 bits per heavy atom. The van der Waals surface area contributed by atoms with Crippen LogP contribution in [-0.4, -0.2) is 36.7 Å². The third kappa shape index (κ3) is 2.96. The topological polar surface area (TPSA) is 12.5 Å². The highest BCUT2D eigenvalue weighted by molar-refractivity contribution is 4.85. The predicted octanol–water partition coefficient (Wildman–Crippen LogP) is 2.14. The van der Waals surface area contributed by atoms with Gasteiger partial charge < -0.3 is 9.64 Å². The van der Waals surface area contributed by atoms with Crippen LogP contribution in [0.2, 0.25) is 0 Å². The molecule has 2 heteroatoms. The molecule has 2 nitrogen and oxygen atoms in total. The molecule has 1 aliphatic heterocycles. The highest BCUT2D eigenvalue weighted by Gasteiger charge is 2.31. The molecular weight excluding hydrogens is 162 g/mol. The van der Waals surface area contributed by atoms with Gasteiger partial charge in [0, 0.05) is 12.6 Å². The van der Waals surface area contributed by atoms with Crippen LogP contribution < -0.4 is 0 Å². The lowest BCUT2D eigenvalue weighted by Crippen LogP contribution is -2.37. The quantitative estimate of drug-likeness (QED) is 0.668. The molecule has 0 aromatic carbocycles. The molecule has 0 bridgehead atoms. The van der Waals surface area contributed by atoms with Crippen molar-refractivity contribution in [1.29, 1.82) is 0 Å². The second-order valence-electron chi connectivity index (χ2n) is 4.74. The van der Waals surface area contributed by atoms with E-state index in [-0.39, 0.29) is 0 Å². The van der Waals surface area contributed by atoms with E-state index in [0.29, 0.717) is 18.2 Å². The average molecular weight is 185 g/mol. The van der Waals surface area contributed by atoms with Gasteiger partial charge in [0.25, 0.3) is 0 Å². The molecule has 0 N–H and O–H groups in total. The molecule has 1 saturated heterocycles. The molecule has 0 radical (unpaired) electrons. The summed E-state index contributed by atoms with van der Waals surface area (Å²) in [7, 11) is 2.20. The molecule has 0 aromatic rings. The van der Waals surface area contributed by atoms with Gasteiger partial charge in [-0.25, -0.2) is 0 Å². The standard InChI is InChI=1S/C11H23NO/c1-8(2)13-10(4)11-6-9(3)7-12(11)5/h8-11H,6-7H2,1-5H3/t9-,10+,11+/m1/s1. The van der Waals surface area contributed by atoms with Crippen molar-refractivity contribution < 1.29 is 4.74 Å². The lowest BCUT2D eigenvalue weighted by Gasteiger charge is -2.27. The van der Waals surface area contributed by atoms with Crippen LogP contribution in [0.4, 0.5) is 0 Å². The predicted molar refractivity (Wildman–Crippen MR) is 55.9 cm³/mol. The largest absolute Gasteiger partial charge is 0.374 e. The van der Waals surface area contributed by atoms with E-state index in [0.717, 1.165) is 5.92 Å². The molecule has 0 saturated carbocycles. The minimum absolute atomic E-state index is 0.347. The second-order valence-corrected chi connectivity index (χ2v) is 4.74. The number of likely N-dealkylation sites (tertiary alicyclic amines) is 1. The van der Waals surface area contributed by atoms with E-state index in [1.165, 1.54) is 13.0 Å². The zero-order chi connectivity index (χ0) is 10.0. The Kier molecular flexibility index (Phi) is 3.74. The number of rotatable bonds is 3. The second kappa shape index (κ2) is 4.43. The molecule has 1 aliphatic rings. The van der Waals surface area contributed by atoms with Gasteiger partial charge in [-0.05, 0) is 40.2 Å². The van der Waals surface area contributed by atoms with E-state index in [1.807, 2.05) is 0 Å². The molecule has 0 spiro atoms. The van der Waals surface area contributed by atoms with Gasteiger partial charge in [0.2, 0.25) is 0 Å². The molecular formula is C11H23NO. The lowest BCUT2D eigenvalue weighted by atomic mass is 10.0. The van der Waals surface area contributed by atoms with Crippen LogP contribution in [0.5, 0.6) is 0 Å². The summed E-state index contributed by atoms with van der Waals surface area (Å²) in [6.45, 7) is 9.94. The highest BCUT2D eigenvalue weighted by Crippen LogP contribution is 2.25. The Morgan fingerprint density at radius 2 is 1.92 bits per heavy atom. The van der Waals surface area contributed by atoms with E-state index in [9.17, 15) is 0 Å². The fraction of sp³-hybridized carbons (Fsp3) is 1.00. The average Bonchev–Trinajstić information content (AvgIpc) is 2.28. The van der Waals surface area contributed by atoms with Crippen molar-refractivity contribution >= 4 is 0 Å². The van der Waals surface area contributed by atoms with Crippen molar-refractivity contribution in [3.05, 3.63) is 0 Å². The molecule has 3 atom stereocenters. The number of nitrogens with zero attached hydrogens (tertiary/aromatic N) is 1. The first-order valence-corrected chi connectivity index (χ1v) is 5.36. The first-order valence-electron chi connectivity index (χ1n) is 5.36. The van der Waals surface area contributed by atoms with Gasteiger partial charge in [0.1, 0.15) is 0 Å². The smallest absolute Gasteiger partial charge is 0.0705 e. The Hall–Kier alpha value is -0.0800. The van der Waals surface area contributed by atoms with Gasteiger partial charge in [0.15, 0.2) is 0 Å². The van der Waals surface area contributed by atoms with Crippen molar-refractivity contribution in [2.24, 2.45) is 5.92 Å².